The minimum atomic E-state index is -3.20. The lowest BCUT2D eigenvalue weighted by molar-refractivity contribution is -0.120. The van der Waals surface area contributed by atoms with E-state index in [1.807, 2.05) is 19.2 Å². The van der Waals surface area contributed by atoms with Crippen molar-refractivity contribution in [2.24, 2.45) is 0 Å². The maximum Gasteiger partial charge on any atom is 0.226 e. The molecule has 0 fully saturated rings. The molecule has 23 heavy (non-hydrogen) atoms. The number of benzene rings is 1. The van der Waals surface area contributed by atoms with E-state index in [-0.39, 0.29) is 23.3 Å². The highest BCUT2D eigenvalue weighted by molar-refractivity contribution is 7.90. The van der Waals surface area contributed by atoms with Gasteiger partial charge in [0.25, 0.3) is 0 Å². The third-order valence-electron chi connectivity index (χ3n) is 2.88. The number of aromatic nitrogens is 1. The molecule has 2 rings (SSSR count). The zero-order chi connectivity index (χ0) is 17.0. The van der Waals surface area contributed by atoms with Crippen molar-refractivity contribution in [1.29, 1.82) is 0 Å². The Hall–Kier alpha value is -1.93. The average molecular weight is 353 g/mol. The third kappa shape index (κ3) is 5.33. The summed E-state index contributed by atoms with van der Waals surface area (Å²) in [6.07, 6.45) is 1.41. The van der Waals surface area contributed by atoms with E-state index in [4.69, 9.17) is 0 Å². The van der Waals surface area contributed by atoms with E-state index in [2.05, 4.69) is 15.6 Å². The maximum atomic E-state index is 11.7. The monoisotopic (exact) mass is 353 g/mol. The smallest absolute Gasteiger partial charge is 0.226 e. The first-order valence-corrected chi connectivity index (χ1v) is 9.82. The van der Waals surface area contributed by atoms with E-state index in [0.29, 0.717) is 10.8 Å². The molecule has 0 atom stereocenters. The van der Waals surface area contributed by atoms with Gasteiger partial charge in [-0.1, -0.05) is 0 Å². The standard InChI is InChI=1S/C15H19N3O3S2/c1-10(2)16-14(19)8-12-9-22-15(18-12)17-11-4-6-13(7-5-11)23(3,20)21/h4-7,9-10H,8H2,1-3H3,(H,16,19)(H,17,18). The molecule has 0 unspecified atom stereocenters. The van der Waals surface area contributed by atoms with Crippen molar-refractivity contribution in [2.45, 2.75) is 31.2 Å². The Bertz CT molecular complexity index is 781. The maximum absolute atomic E-state index is 11.7. The largest absolute Gasteiger partial charge is 0.354 e. The first-order chi connectivity index (χ1) is 10.7. The zero-order valence-corrected chi connectivity index (χ0v) is 14.8. The third-order valence-corrected chi connectivity index (χ3v) is 4.81. The molecular formula is C15H19N3O3S2. The molecule has 1 aromatic carbocycles. The molecule has 2 aromatic rings. The molecule has 0 aliphatic rings. The summed E-state index contributed by atoms with van der Waals surface area (Å²) in [6, 6.07) is 6.56. The van der Waals surface area contributed by atoms with Gasteiger partial charge < -0.3 is 10.6 Å². The van der Waals surface area contributed by atoms with Crippen LogP contribution < -0.4 is 10.6 Å². The molecule has 8 heteroatoms. The van der Waals surface area contributed by atoms with Gasteiger partial charge in [-0.15, -0.1) is 11.3 Å². The molecule has 1 heterocycles. The quantitative estimate of drug-likeness (QED) is 0.832. The van der Waals surface area contributed by atoms with Crippen LogP contribution in [-0.2, 0) is 21.1 Å². The Balaban J connectivity index is 2.00. The lowest BCUT2D eigenvalue weighted by Crippen LogP contribution is -2.31. The Kier molecular flexibility index (Phi) is 5.38. The molecule has 0 aliphatic heterocycles. The average Bonchev–Trinajstić information content (AvgIpc) is 2.84. The second kappa shape index (κ2) is 7.10. The van der Waals surface area contributed by atoms with Crippen LogP contribution in [0.25, 0.3) is 0 Å². The number of carbonyl (C=O) groups is 1. The van der Waals surface area contributed by atoms with Gasteiger partial charge in [0, 0.05) is 23.4 Å². The molecule has 0 radical (unpaired) electrons. The van der Waals surface area contributed by atoms with Gasteiger partial charge in [-0.25, -0.2) is 13.4 Å². The molecule has 0 spiro atoms. The summed E-state index contributed by atoms with van der Waals surface area (Å²) in [5.74, 6) is -0.0608. The van der Waals surface area contributed by atoms with Gasteiger partial charge in [-0.3, -0.25) is 4.79 Å². The lowest BCUT2D eigenvalue weighted by Gasteiger charge is -2.06. The number of nitrogens with zero attached hydrogens (tertiary/aromatic N) is 1. The van der Waals surface area contributed by atoms with Crippen molar-refractivity contribution in [3.05, 3.63) is 35.3 Å². The summed E-state index contributed by atoms with van der Waals surface area (Å²) in [4.78, 5) is 16.3. The van der Waals surface area contributed by atoms with Crippen molar-refractivity contribution in [2.75, 3.05) is 11.6 Å². The van der Waals surface area contributed by atoms with Crippen LogP contribution in [0.15, 0.2) is 34.5 Å². The van der Waals surface area contributed by atoms with Crippen LogP contribution in [0, 0.1) is 0 Å². The molecule has 0 saturated heterocycles. The predicted octanol–water partition coefficient (Wildman–Crippen LogP) is 2.36. The van der Waals surface area contributed by atoms with E-state index in [0.717, 1.165) is 5.69 Å². The number of hydrogen-bond donors (Lipinski definition) is 2. The molecular weight excluding hydrogens is 334 g/mol. The molecule has 1 amide bonds. The van der Waals surface area contributed by atoms with Crippen LogP contribution in [0.2, 0.25) is 0 Å². The summed E-state index contributed by atoms with van der Waals surface area (Å²) in [7, 11) is -3.20. The summed E-state index contributed by atoms with van der Waals surface area (Å²) in [5, 5.41) is 8.40. The fourth-order valence-corrected chi connectivity index (χ4v) is 3.25. The topological polar surface area (TPSA) is 88.2 Å². The van der Waals surface area contributed by atoms with Gasteiger partial charge in [-0.05, 0) is 38.1 Å². The van der Waals surface area contributed by atoms with E-state index in [1.54, 1.807) is 24.3 Å². The van der Waals surface area contributed by atoms with Crippen LogP contribution in [-0.4, -0.2) is 31.6 Å². The van der Waals surface area contributed by atoms with Crippen molar-refractivity contribution >= 4 is 37.9 Å². The molecule has 0 bridgehead atoms. The minimum absolute atomic E-state index is 0.0608. The Morgan fingerprint density at radius 2 is 1.91 bits per heavy atom. The van der Waals surface area contributed by atoms with Crippen molar-refractivity contribution < 1.29 is 13.2 Å². The summed E-state index contributed by atoms with van der Waals surface area (Å²) < 4.78 is 22.8. The molecule has 1 aromatic heterocycles. The molecule has 124 valence electrons. The normalized spacial score (nSPS) is 11.5. The molecule has 6 nitrogen and oxygen atoms in total. The van der Waals surface area contributed by atoms with Gasteiger partial charge in [0.1, 0.15) is 0 Å². The van der Waals surface area contributed by atoms with E-state index in [9.17, 15) is 13.2 Å². The fourth-order valence-electron chi connectivity index (χ4n) is 1.89. The number of amides is 1. The van der Waals surface area contributed by atoms with Gasteiger partial charge in [0.05, 0.1) is 17.0 Å². The van der Waals surface area contributed by atoms with Crippen LogP contribution in [0.4, 0.5) is 10.8 Å². The van der Waals surface area contributed by atoms with Gasteiger partial charge in [-0.2, -0.15) is 0 Å². The summed E-state index contributed by atoms with van der Waals surface area (Å²) in [5.41, 5.74) is 1.44. The Labute approximate surface area is 139 Å². The fraction of sp³-hybridized carbons (Fsp3) is 0.333. The SMILES string of the molecule is CC(C)NC(=O)Cc1csc(Nc2ccc(S(C)(=O)=O)cc2)n1. The van der Waals surface area contributed by atoms with E-state index >= 15 is 0 Å². The van der Waals surface area contributed by atoms with Gasteiger partial charge in [0.15, 0.2) is 15.0 Å². The van der Waals surface area contributed by atoms with Crippen molar-refractivity contribution in [3.63, 3.8) is 0 Å². The second-order valence-electron chi connectivity index (χ2n) is 5.46. The number of carbonyl (C=O) groups excluding carboxylic acids is 1. The van der Waals surface area contributed by atoms with Crippen molar-refractivity contribution in [3.8, 4) is 0 Å². The summed E-state index contributed by atoms with van der Waals surface area (Å²) >= 11 is 1.39. The Morgan fingerprint density at radius 3 is 2.48 bits per heavy atom. The Morgan fingerprint density at radius 1 is 1.26 bits per heavy atom. The first kappa shape index (κ1) is 17.4. The first-order valence-electron chi connectivity index (χ1n) is 7.05. The number of anilines is 2. The zero-order valence-electron chi connectivity index (χ0n) is 13.2. The number of nitrogens with one attached hydrogen (secondary N) is 2. The van der Waals surface area contributed by atoms with E-state index in [1.165, 1.54) is 17.6 Å². The van der Waals surface area contributed by atoms with Crippen LogP contribution in [0.3, 0.4) is 0 Å². The van der Waals surface area contributed by atoms with Gasteiger partial charge in [0.2, 0.25) is 5.91 Å². The lowest BCUT2D eigenvalue weighted by atomic mass is 10.3. The molecule has 0 aliphatic carbocycles. The number of rotatable bonds is 6. The number of hydrogen-bond acceptors (Lipinski definition) is 6. The highest BCUT2D eigenvalue weighted by Gasteiger charge is 2.10. The highest BCUT2D eigenvalue weighted by atomic mass is 32.2. The minimum Gasteiger partial charge on any atom is -0.354 e. The van der Waals surface area contributed by atoms with E-state index < -0.39 is 9.84 Å². The van der Waals surface area contributed by atoms with Crippen LogP contribution in [0.1, 0.15) is 19.5 Å². The highest BCUT2D eigenvalue weighted by Crippen LogP contribution is 2.22. The van der Waals surface area contributed by atoms with Crippen molar-refractivity contribution in [1.82, 2.24) is 10.3 Å². The van der Waals surface area contributed by atoms with Crippen LogP contribution >= 0.6 is 11.3 Å². The molecule has 2 N–H and O–H groups in total. The number of thiazole rings is 1. The second-order valence-corrected chi connectivity index (χ2v) is 8.34. The van der Waals surface area contributed by atoms with Gasteiger partial charge >= 0.3 is 0 Å². The summed E-state index contributed by atoms with van der Waals surface area (Å²) in [6.45, 7) is 3.82. The van der Waals surface area contributed by atoms with Crippen LogP contribution in [0.5, 0.6) is 0 Å². The predicted molar refractivity (Wildman–Crippen MR) is 91.9 cm³/mol. The molecule has 0 saturated carbocycles. The number of sulfone groups is 1.